The highest BCUT2D eigenvalue weighted by Gasteiger charge is 2.26. The summed E-state index contributed by atoms with van der Waals surface area (Å²) in [7, 11) is 0. The Kier molecular flexibility index (Phi) is 7.45. The van der Waals surface area contributed by atoms with Crippen LogP contribution in [0.5, 0.6) is 0 Å². The molecule has 2 amide bonds. The second-order valence-corrected chi connectivity index (χ2v) is 9.76. The van der Waals surface area contributed by atoms with E-state index in [2.05, 4.69) is 23.4 Å². The topological polar surface area (TPSA) is 71.6 Å². The quantitative estimate of drug-likeness (QED) is 0.459. The molecule has 1 fully saturated rings. The number of nitrogens with zero attached hydrogens (tertiary/aromatic N) is 4. The van der Waals surface area contributed by atoms with E-state index in [1.165, 1.54) is 18.0 Å². The lowest BCUT2D eigenvalue weighted by Gasteiger charge is -2.34. The Morgan fingerprint density at radius 3 is 2.42 bits per heavy atom. The van der Waals surface area contributed by atoms with Crippen LogP contribution in [0.2, 0.25) is 5.02 Å². The molecule has 1 aliphatic heterocycles. The van der Waals surface area contributed by atoms with E-state index < -0.39 is 0 Å². The zero-order valence-corrected chi connectivity index (χ0v) is 20.3. The van der Waals surface area contributed by atoms with E-state index in [1.807, 2.05) is 35.4 Å². The number of imidazole rings is 1. The lowest BCUT2D eigenvalue weighted by atomic mass is 10.1. The molecule has 7 nitrogen and oxygen atoms in total. The Balaban J connectivity index is 1.37. The van der Waals surface area contributed by atoms with Crippen molar-refractivity contribution in [2.24, 2.45) is 5.92 Å². The highest BCUT2D eigenvalue weighted by Crippen LogP contribution is 2.28. The van der Waals surface area contributed by atoms with Crippen molar-refractivity contribution >= 4 is 35.2 Å². The Bertz CT molecular complexity index is 1090. The van der Waals surface area contributed by atoms with E-state index in [0.717, 1.165) is 23.0 Å². The third-order valence-corrected chi connectivity index (χ3v) is 6.71. The van der Waals surface area contributed by atoms with Gasteiger partial charge in [0.1, 0.15) is 0 Å². The van der Waals surface area contributed by atoms with Gasteiger partial charge >= 0.3 is 0 Å². The number of amides is 2. The van der Waals surface area contributed by atoms with Gasteiger partial charge in [-0.3, -0.25) is 9.59 Å². The molecule has 0 saturated carbocycles. The van der Waals surface area contributed by atoms with E-state index in [-0.39, 0.29) is 11.8 Å². The number of furan rings is 1. The van der Waals surface area contributed by atoms with Gasteiger partial charge in [-0.15, -0.1) is 0 Å². The predicted molar refractivity (Wildman–Crippen MR) is 129 cm³/mol. The molecule has 174 valence electrons. The van der Waals surface area contributed by atoms with Gasteiger partial charge in [0, 0.05) is 37.7 Å². The number of hydrogen-bond acceptors (Lipinski definition) is 5. The summed E-state index contributed by atoms with van der Waals surface area (Å²) in [5.41, 5.74) is 2.06. The lowest BCUT2D eigenvalue weighted by molar-refractivity contribution is -0.129. The molecule has 3 heterocycles. The van der Waals surface area contributed by atoms with Gasteiger partial charge in [0.25, 0.3) is 5.91 Å². The number of benzene rings is 1. The molecule has 0 unspecified atom stereocenters. The first-order chi connectivity index (χ1) is 15.9. The van der Waals surface area contributed by atoms with Crippen molar-refractivity contribution in [3.63, 3.8) is 0 Å². The van der Waals surface area contributed by atoms with Crippen LogP contribution in [-0.4, -0.2) is 63.1 Å². The van der Waals surface area contributed by atoms with Gasteiger partial charge in [0.2, 0.25) is 5.91 Å². The standard InChI is InChI=1S/C24H27ClN4O3S/c1-17(2)15-29-20(18-5-7-19(25)8-6-18)14-26-24(29)33-16-22(30)27-9-11-28(12-10-27)23(31)21-4-3-13-32-21/h3-8,13-14,17H,9-12,15-16H2,1-2H3. The molecule has 1 aromatic carbocycles. The first kappa shape index (κ1) is 23.4. The summed E-state index contributed by atoms with van der Waals surface area (Å²) in [5, 5.41) is 1.52. The number of halogens is 1. The highest BCUT2D eigenvalue weighted by molar-refractivity contribution is 7.99. The number of aromatic nitrogens is 2. The van der Waals surface area contributed by atoms with Crippen molar-refractivity contribution in [2.75, 3.05) is 31.9 Å². The number of carbonyl (C=O) groups is 2. The zero-order valence-electron chi connectivity index (χ0n) is 18.7. The molecule has 0 atom stereocenters. The third kappa shape index (κ3) is 5.62. The molecule has 1 saturated heterocycles. The fraction of sp³-hybridized carbons (Fsp3) is 0.375. The Morgan fingerprint density at radius 2 is 1.79 bits per heavy atom. The number of piperazine rings is 1. The lowest BCUT2D eigenvalue weighted by Crippen LogP contribution is -2.51. The predicted octanol–water partition coefficient (Wildman–Crippen LogP) is 4.53. The Morgan fingerprint density at radius 1 is 1.09 bits per heavy atom. The number of rotatable bonds is 7. The third-order valence-electron chi connectivity index (χ3n) is 5.48. The average Bonchev–Trinajstić information content (AvgIpc) is 3.48. The molecule has 9 heteroatoms. The van der Waals surface area contributed by atoms with Gasteiger partial charge in [0.15, 0.2) is 10.9 Å². The molecule has 0 N–H and O–H groups in total. The molecule has 33 heavy (non-hydrogen) atoms. The first-order valence-corrected chi connectivity index (χ1v) is 12.3. The molecule has 0 spiro atoms. The van der Waals surface area contributed by atoms with E-state index in [4.69, 9.17) is 16.0 Å². The molecule has 0 aliphatic carbocycles. The summed E-state index contributed by atoms with van der Waals surface area (Å²) in [6, 6.07) is 11.1. The number of hydrogen-bond donors (Lipinski definition) is 0. The second kappa shape index (κ2) is 10.5. The summed E-state index contributed by atoms with van der Waals surface area (Å²) < 4.78 is 7.37. The number of thioether (sulfide) groups is 1. The van der Waals surface area contributed by atoms with Crippen molar-refractivity contribution in [1.82, 2.24) is 19.4 Å². The molecular weight excluding hydrogens is 460 g/mol. The smallest absolute Gasteiger partial charge is 0.289 e. The summed E-state index contributed by atoms with van der Waals surface area (Å²) in [6.45, 7) is 7.16. The maximum atomic E-state index is 12.9. The highest BCUT2D eigenvalue weighted by atomic mass is 35.5. The normalized spacial score (nSPS) is 14.2. The van der Waals surface area contributed by atoms with Crippen molar-refractivity contribution in [3.05, 3.63) is 59.6 Å². The summed E-state index contributed by atoms with van der Waals surface area (Å²) in [4.78, 5) is 33.4. The van der Waals surface area contributed by atoms with Gasteiger partial charge < -0.3 is 18.8 Å². The minimum Gasteiger partial charge on any atom is -0.459 e. The van der Waals surface area contributed by atoms with E-state index in [0.29, 0.717) is 48.6 Å². The summed E-state index contributed by atoms with van der Waals surface area (Å²) in [6.07, 6.45) is 3.35. The van der Waals surface area contributed by atoms with Gasteiger partial charge in [-0.25, -0.2) is 4.98 Å². The van der Waals surface area contributed by atoms with Gasteiger partial charge in [-0.2, -0.15) is 0 Å². The Labute approximate surface area is 202 Å². The van der Waals surface area contributed by atoms with Crippen LogP contribution in [0.1, 0.15) is 24.4 Å². The molecule has 3 aromatic rings. The molecule has 1 aliphatic rings. The SMILES string of the molecule is CC(C)Cn1c(-c2ccc(Cl)cc2)cnc1SCC(=O)N1CCN(C(=O)c2ccco2)CC1. The van der Waals surface area contributed by atoms with Crippen LogP contribution in [0.25, 0.3) is 11.3 Å². The van der Waals surface area contributed by atoms with E-state index in [1.54, 1.807) is 17.0 Å². The average molecular weight is 487 g/mol. The summed E-state index contributed by atoms with van der Waals surface area (Å²) >= 11 is 7.50. The molecule has 0 bridgehead atoms. The van der Waals surface area contributed by atoms with Crippen LogP contribution in [0.3, 0.4) is 0 Å². The first-order valence-electron chi connectivity index (χ1n) is 11.0. The van der Waals surface area contributed by atoms with E-state index in [9.17, 15) is 9.59 Å². The minimum absolute atomic E-state index is 0.0530. The van der Waals surface area contributed by atoms with E-state index >= 15 is 0 Å². The molecule has 0 radical (unpaired) electrons. The van der Waals surface area contributed by atoms with Gasteiger partial charge in [-0.05, 0) is 35.7 Å². The molecule has 4 rings (SSSR count). The summed E-state index contributed by atoms with van der Waals surface area (Å²) in [5.74, 6) is 0.990. The fourth-order valence-corrected chi connectivity index (χ4v) is 4.82. The minimum atomic E-state index is -0.132. The second-order valence-electron chi connectivity index (χ2n) is 8.38. The largest absolute Gasteiger partial charge is 0.459 e. The Hall–Kier alpha value is -2.71. The van der Waals surface area contributed by atoms with Crippen LogP contribution >= 0.6 is 23.4 Å². The van der Waals surface area contributed by atoms with Crippen molar-refractivity contribution < 1.29 is 14.0 Å². The maximum absolute atomic E-state index is 12.9. The van der Waals surface area contributed by atoms with Crippen LogP contribution in [0.15, 0.2) is 58.4 Å². The fourth-order valence-electron chi connectivity index (χ4n) is 3.80. The van der Waals surface area contributed by atoms with Crippen molar-refractivity contribution in [3.8, 4) is 11.3 Å². The number of carbonyl (C=O) groups excluding carboxylic acids is 2. The van der Waals surface area contributed by atoms with Crippen LogP contribution in [0.4, 0.5) is 0 Å². The van der Waals surface area contributed by atoms with Crippen LogP contribution < -0.4 is 0 Å². The van der Waals surface area contributed by atoms with Gasteiger partial charge in [0.05, 0.1) is 23.9 Å². The molecular formula is C24H27ClN4O3S. The molecule has 2 aromatic heterocycles. The zero-order chi connectivity index (χ0) is 23.4. The van der Waals surface area contributed by atoms with Crippen LogP contribution in [-0.2, 0) is 11.3 Å². The van der Waals surface area contributed by atoms with Gasteiger partial charge in [-0.1, -0.05) is 49.3 Å². The monoisotopic (exact) mass is 486 g/mol. The van der Waals surface area contributed by atoms with Crippen molar-refractivity contribution in [2.45, 2.75) is 25.5 Å². The maximum Gasteiger partial charge on any atom is 0.289 e. The van der Waals surface area contributed by atoms with Crippen LogP contribution in [0, 0.1) is 5.92 Å². The van der Waals surface area contributed by atoms with Crippen molar-refractivity contribution in [1.29, 1.82) is 0 Å².